The average Bonchev–Trinajstić information content (AvgIpc) is 2.61. The van der Waals surface area contributed by atoms with Gasteiger partial charge in [-0.3, -0.25) is 4.79 Å². The first-order valence-electron chi connectivity index (χ1n) is 5.89. The average molecular weight is 234 g/mol. The number of nitrogens with zero attached hydrogens (tertiary/aromatic N) is 1. The van der Waals surface area contributed by atoms with Gasteiger partial charge in [0.05, 0.1) is 17.5 Å². The van der Waals surface area contributed by atoms with Crippen molar-refractivity contribution >= 4 is 17.3 Å². The number of fused-ring (bicyclic) bond motifs is 1. The highest BCUT2D eigenvalue weighted by Gasteiger charge is 2.23. The monoisotopic (exact) mass is 234 g/mol. The van der Waals surface area contributed by atoms with Gasteiger partial charge in [-0.05, 0) is 31.9 Å². The number of benzene rings is 1. The van der Waals surface area contributed by atoms with Gasteiger partial charge in [-0.1, -0.05) is 12.1 Å². The SMILES string of the molecule is CC(C)OC(=O)CN1CCc2cccc(N)c21. The van der Waals surface area contributed by atoms with Crippen molar-refractivity contribution in [1.29, 1.82) is 0 Å². The molecule has 4 heteroatoms. The standard InChI is InChI=1S/C13H18N2O2/c1-9(2)17-12(16)8-15-7-6-10-4-3-5-11(14)13(10)15/h3-5,9H,6-8,14H2,1-2H3. The van der Waals surface area contributed by atoms with Crippen LogP contribution in [-0.2, 0) is 16.0 Å². The Bertz CT molecular complexity index is 429. The molecule has 0 amide bonds. The van der Waals surface area contributed by atoms with Crippen molar-refractivity contribution in [3.63, 3.8) is 0 Å². The number of hydrogen-bond acceptors (Lipinski definition) is 4. The minimum absolute atomic E-state index is 0.0716. The van der Waals surface area contributed by atoms with Gasteiger partial charge in [0.15, 0.2) is 0 Å². The van der Waals surface area contributed by atoms with Crippen LogP contribution in [0.2, 0.25) is 0 Å². The Hall–Kier alpha value is -1.71. The van der Waals surface area contributed by atoms with Crippen LogP contribution in [0.5, 0.6) is 0 Å². The van der Waals surface area contributed by atoms with Gasteiger partial charge in [0.1, 0.15) is 6.54 Å². The normalized spacial score (nSPS) is 13.9. The van der Waals surface area contributed by atoms with Gasteiger partial charge in [0.25, 0.3) is 0 Å². The second-order valence-electron chi connectivity index (χ2n) is 4.57. The van der Waals surface area contributed by atoms with Crippen molar-refractivity contribution < 1.29 is 9.53 Å². The Kier molecular flexibility index (Phi) is 3.22. The van der Waals surface area contributed by atoms with E-state index in [0.717, 1.165) is 24.3 Å². The molecule has 0 radical (unpaired) electrons. The molecule has 17 heavy (non-hydrogen) atoms. The number of anilines is 2. The lowest BCUT2D eigenvalue weighted by Gasteiger charge is -2.20. The van der Waals surface area contributed by atoms with Crippen LogP contribution < -0.4 is 10.6 Å². The van der Waals surface area contributed by atoms with Gasteiger partial charge >= 0.3 is 5.97 Å². The van der Waals surface area contributed by atoms with E-state index in [0.29, 0.717) is 0 Å². The minimum atomic E-state index is -0.198. The third-order valence-corrected chi connectivity index (χ3v) is 2.81. The number of carbonyl (C=O) groups excluding carboxylic acids is 1. The fourth-order valence-electron chi connectivity index (χ4n) is 2.18. The van der Waals surface area contributed by atoms with E-state index in [1.54, 1.807) is 0 Å². The molecule has 1 heterocycles. The van der Waals surface area contributed by atoms with Gasteiger partial charge < -0.3 is 15.4 Å². The quantitative estimate of drug-likeness (QED) is 0.637. The van der Waals surface area contributed by atoms with Crippen LogP contribution in [0.15, 0.2) is 18.2 Å². The smallest absolute Gasteiger partial charge is 0.325 e. The fourth-order valence-corrected chi connectivity index (χ4v) is 2.18. The van der Waals surface area contributed by atoms with E-state index < -0.39 is 0 Å². The van der Waals surface area contributed by atoms with Crippen molar-refractivity contribution in [3.8, 4) is 0 Å². The number of rotatable bonds is 3. The molecule has 1 aromatic rings. The highest BCUT2D eigenvalue weighted by molar-refractivity contribution is 5.81. The molecule has 0 saturated heterocycles. The van der Waals surface area contributed by atoms with Crippen molar-refractivity contribution in [2.75, 3.05) is 23.7 Å². The second-order valence-corrected chi connectivity index (χ2v) is 4.57. The molecule has 0 bridgehead atoms. The third kappa shape index (κ3) is 2.52. The van der Waals surface area contributed by atoms with Crippen molar-refractivity contribution in [2.24, 2.45) is 0 Å². The van der Waals surface area contributed by atoms with Crippen molar-refractivity contribution in [2.45, 2.75) is 26.4 Å². The maximum atomic E-state index is 11.6. The van der Waals surface area contributed by atoms with Gasteiger partial charge in [-0.15, -0.1) is 0 Å². The minimum Gasteiger partial charge on any atom is -0.462 e. The zero-order valence-electron chi connectivity index (χ0n) is 10.3. The molecule has 1 aliphatic heterocycles. The molecule has 1 aliphatic rings. The van der Waals surface area contributed by atoms with E-state index in [2.05, 4.69) is 6.07 Å². The Labute approximate surface area is 101 Å². The largest absolute Gasteiger partial charge is 0.462 e. The van der Waals surface area contributed by atoms with E-state index in [1.165, 1.54) is 5.56 Å². The maximum Gasteiger partial charge on any atom is 0.325 e. The van der Waals surface area contributed by atoms with Gasteiger partial charge in [-0.25, -0.2) is 0 Å². The number of carbonyl (C=O) groups is 1. The maximum absolute atomic E-state index is 11.6. The Morgan fingerprint density at radius 2 is 2.29 bits per heavy atom. The summed E-state index contributed by atoms with van der Waals surface area (Å²) in [7, 11) is 0. The number of para-hydroxylation sites is 1. The summed E-state index contributed by atoms with van der Waals surface area (Å²) >= 11 is 0. The van der Waals surface area contributed by atoms with Crippen LogP contribution in [-0.4, -0.2) is 25.2 Å². The Balaban J connectivity index is 2.09. The molecule has 0 atom stereocenters. The molecule has 1 aromatic carbocycles. The van der Waals surface area contributed by atoms with Crippen molar-refractivity contribution in [3.05, 3.63) is 23.8 Å². The van der Waals surface area contributed by atoms with Crippen LogP contribution >= 0.6 is 0 Å². The van der Waals surface area contributed by atoms with Crippen molar-refractivity contribution in [1.82, 2.24) is 0 Å². The summed E-state index contributed by atoms with van der Waals surface area (Å²) in [5.41, 5.74) is 8.88. The van der Waals surface area contributed by atoms with E-state index in [4.69, 9.17) is 10.5 Å². The van der Waals surface area contributed by atoms with E-state index in [1.807, 2.05) is 30.9 Å². The summed E-state index contributed by atoms with van der Waals surface area (Å²) in [6.45, 7) is 4.81. The van der Waals surface area contributed by atoms with Crippen LogP contribution in [0.4, 0.5) is 11.4 Å². The molecular weight excluding hydrogens is 216 g/mol. The summed E-state index contributed by atoms with van der Waals surface area (Å²) in [5.74, 6) is -0.198. The van der Waals surface area contributed by atoms with Crippen LogP contribution in [0.1, 0.15) is 19.4 Å². The van der Waals surface area contributed by atoms with Crippen LogP contribution in [0.25, 0.3) is 0 Å². The van der Waals surface area contributed by atoms with E-state index in [9.17, 15) is 4.79 Å². The number of esters is 1. The second kappa shape index (κ2) is 4.65. The van der Waals surface area contributed by atoms with Gasteiger partial charge in [0.2, 0.25) is 0 Å². The Morgan fingerprint density at radius 3 is 3.00 bits per heavy atom. The lowest BCUT2D eigenvalue weighted by Crippen LogP contribution is -2.31. The zero-order valence-corrected chi connectivity index (χ0v) is 10.3. The number of hydrogen-bond donors (Lipinski definition) is 1. The fraction of sp³-hybridized carbons (Fsp3) is 0.462. The summed E-state index contributed by atoms with van der Waals surface area (Å²) in [6.07, 6.45) is 0.868. The third-order valence-electron chi connectivity index (χ3n) is 2.81. The molecule has 0 saturated carbocycles. The van der Waals surface area contributed by atoms with Gasteiger partial charge in [-0.2, -0.15) is 0 Å². The van der Waals surface area contributed by atoms with Crippen LogP contribution in [0, 0.1) is 0 Å². The lowest BCUT2D eigenvalue weighted by molar-refractivity contribution is -0.145. The van der Waals surface area contributed by atoms with E-state index >= 15 is 0 Å². The first-order valence-corrected chi connectivity index (χ1v) is 5.89. The molecule has 92 valence electrons. The summed E-state index contributed by atoms with van der Waals surface area (Å²) < 4.78 is 5.15. The topological polar surface area (TPSA) is 55.6 Å². The molecule has 0 spiro atoms. The summed E-state index contributed by atoms with van der Waals surface area (Å²) in [6, 6.07) is 5.87. The van der Waals surface area contributed by atoms with Gasteiger partial charge in [0, 0.05) is 6.54 Å². The van der Waals surface area contributed by atoms with E-state index in [-0.39, 0.29) is 18.6 Å². The predicted molar refractivity (Wildman–Crippen MR) is 68.0 cm³/mol. The molecule has 0 aromatic heterocycles. The van der Waals surface area contributed by atoms with Crippen LogP contribution in [0.3, 0.4) is 0 Å². The zero-order chi connectivity index (χ0) is 12.4. The molecule has 4 nitrogen and oxygen atoms in total. The first-order chi connectivity index (χ1) is 8.08. The number of nitrogen functional groups attached to an aromatic ring is 1. The first kappa shape index (κ1) is 11.8. The number of nitrogens with two attached hydrogens (primary N) is 1. The Morgan fingerprint density at radius 1 is 1.53 bits per heavy atom. The summed E-state index contributed by atoms with van der Waals surface area (Å²) in [5, 5.41) is 0. The summed E-state index contributed by atoms with van der Waals surface area (Å²) in [4.78, 5) is 13.6. The molecule has 2 N–H and O–H groups in total. The number of ether oxygens (including phenoxy) is 1. The molecule has 2 rings (SSSR count). The molecule has 0 fully saturated rings. The predicted octanol–water partition coefficient (Wildman–Crippen LogP) is 1.58. The highest BCUT2D eigenvalue weighted by atomic mass is 16.5. The lowest BCUT2D eigenvalue weighted by atomic mass is 10.1. The molecular formula is C13H18N2O2. The molecule has 0 aliphatic carbocycles. The highest BCUT2D eigenvalue weighted by Crippen LogP contribution is 2.33. The molecule has 0 unspecified atom stereocenters.